The Morgan fingerprint density at radius 1 is 1.15 bits per heavy atom. The van der Waals surface area contributed by atoms with Crippen LogP contribution >= 0.6 is 15.9 Å². The van der Waals surface area contributed by atoms with Crippen molar-refractivity contribution in [3.05, 3.63) is 28.7 Å². The van der Waals surface area contributed by atoms with Crippen LogP contribution in [0.2, 0.25) is 0 Å². The summed E-state index contributed by atoms with van der Waals surface area (Å²) in [6.45, 7) is 6.74. The molecule has 0 unspecified atom stereocenters. The van der Waals surface area contributed by atoms with Gasteiger partial charge in [0, 0.05) is 0 Å². The first-order chi connectivity index (χ1) is 9.72. The summed E-state index contributed by atoms with van der Waals surface area (Å²) in [5.74, 6) is 1.53. The highest BCUT2D eigenvalue weighted by Gasteiger charge is 2.10. The summed E-state index contributed by atoms with van der Waals surface area (Å²) in [5, 5.41) is 0. The van der Waals surface area contributed by atoms with Crippen molar-refractivity contribution in [1.82, 2.24) is 0 Å². The standard InChI is InChI=1S/C17H25BrO2/c1-4-6-7-8-9-10-11-20-17-15(18)12-14(5-2)13-16(17)19-3/h5,12-13H,2,4,6-11H2,1,3H3. The Hall–Kier alpha value is -0.960. The van der Waals surface area contributed by atoms with Crippen LogP contribution in [0.3, 0.4) is 0 Å². The molecule has 0 aliphatic carbocycles. The average molecular weight is 341 g/mol. The first-order valence-electron chi connectivity index (χ1n) is 7.35. The lowest BCUT2D eigenvalue weighted by molar-refractivity contribution is 0.283. The third kappa shape index (κ3) is 5.58. The molecular weight excluding hydrogens is 316 g/mol. The molecule has 0 amide bonds. The molecule has 20 heavy (non-hydrogen) atoms. The predicted octanol–water partition coefficient (Wildman–Crippen LogP) is 5.84. The van der Waals surface area contributed by atoms with E-state index in [4.69, 9.17) is 9.47 Å². The summed E-state index contributed by atoms with van der Waals surface area (Å²) in [6, 6.07) is 3.93. The summed E-state index contributed by atoms with van der Waals surface area (Å²) < 4.78 is 12.1. The quantitative estimate of drug-likeness (QED) is 0.498. The molecule has 2 nitrogen and oxygen atoms in total. The van der Waals surface area contributed by atoms with E-state index in [1.807, 2.05) is 12.1 Å². The summed E-state index contributed by atoms with van der Waals surface area (Å²) in [7, 11) is 1.66. The minimum absolute atomic E-state index is 0.731. The second-order valence-electron chi connectivity index (χ2n) is 4.85. The van der Waals surface area contributed by atoms with Crippen LogP contribution < -0.4 is 9.47 Å². The van der Waals surface area contributed by atoms with Gasteiger partial charge >= 0.3 is 0 Å². The van der Waals surface area contributed by atoms with Crippen LogP contribution in [-0.4, -0.2) is 13.7 Å². The van der Waals surface area contributed by atoms with Crippen LogP contribution in [0.1, 0.15) is 51.0 Å². The third-order valence-electron chi connectivity index (χ3n) is 3.23. The number of methoxy groups -OCH3 is 1. The Morgan fingerprint density at radius 2 is 1.85 bits per heavy atom. The summed E-state index contributed by atoms with van der Waals surface area (Å²) >= 11 is 3.53. The normalized spacial score (nSPS) is 10.3. The maximum atomic E-state index is 5.86. The lowest BCUT2D eigenvalue weighted by atomic mass is 10.1. The van der Waals surface area contributed by atoms with E-state index in [1.54, 1.807) is 13.2 Å². The van der Waals surface area contributed by atoms with Crippen LogP contribution in [0, 0.1) is 0 Å². The van der Waals surface area contributed by atoms with Crippen LogP contribution in [0.25, 0.3) is 6.08 Å². The molecule has 0 aliphatic rings. The molecule has 0 heterocycles. The van der Waals surface area contributed by atoms with E-state index in [2.05, 4.69) is 29.4 Å². The minimum Gasteiger partial charge on any atom is -0.493 e. The number of benzene rings is 1. The van der Waals surface area contributed by atoms with E-state index in [-0.39, 0.29) is 0 Å². The largest absolute Gasteiger partial charge is 0.493 e. The van der Waals surface area contributed by atoms with E-state index in [0.717, 1.165) is 34.6 Å². The Balaban J connectivity index is 2.45. The van der Waals surface area contributed by atoms with Crippen LogP contribution in [0.4, 0.5) is 0 Å². The first-order valence-corrected chi connectivity index (χ1v) is 8.15. The monoisotopic (exact) mass is 340 g/mol. The molecule has 0 saturated carbocycles. The third-order valence-corrected chi connectivity index (χ3v) is 3.82. The molecule has 0 radical (unpaired) electrons. The summed E-state index contributed by atoms with van der Waals surface area (Å²) in [4.78, 5) is 0. The molecule has 0 aliphatic heterocycles. The number of hydrogen-bond acceptors (Lipinski definition) is 2. The molecule has 1 aromatic carbocycles. The van der Waals surface area contributed by atoms with Gasteiger partial charge < -0.3 is 9.47 Å². The van der Waals surface area contributed by atoms with Gasteiger partial charge in [0.15, 0.2) is 11.5 Å². The smallest absolute Gasteiger partial charge is 0.175 e. The van der Waals surface area contributed by atoms with Crippen molar-refractivity contribution in [1.29, 1.82) is 0 Å². The molecule has 1 aromatic rings. The van der Waals surface area contributed by atoms with Gasteiger partial charge in [-0.05, 0) is 40.0 Å². The molecule has 1 rings (SSSR count). The lowest BCUT2D eigenvalue weighted by Gasteiger charge is -2.13. The highest BCUT2D eigenvalue weighted by molar-refractivity contribution is 9.10. The maximum absolute atomic E-state index is 5.86. The Kier molecular flexibility index (Phi) is 8.43. The van der Waals surface area contributed by atoms with Gasteiger partial charge in [0.25, 0.3) is 0 Å². The molecule has 0 aromatic heterocycles. The predicted molar refractivity (Wildman–Crippen MR) is 89.7 cm³/mol. The van der Waals surface area contributed by atoms with Gasteiger partial charge in [-0.25, -0.2) is 0 Å². The Labute approximate surface area is 131 Å². The molecule has 0 spiro atoms. The van der Waals surface area contributed by atoms with Gasteiger partial charge in [-0.2, -0.15) is 0 Å². The maximum Gasteiger partial charge on any atom is 0.175 e. The topological polar surface area (TPSA) is 18.5 Å². The van der Waals surface area contributed by atoms with Crippen molar-refractivity contribution in [2.75, 3.05) is 13.7 Å². The van der Waals surface area contributed by atoms with Crippen molar-refractivity contribution >= 4 is 22.0 Å². The Bertz CT molecular complexity index is 416. The summed E-state index contributed by atoms with van der Waals surface area (Å²) in [6.07, 6.45) is 9.36. The number of hydrogen-bond donors (Lipinski definition) is 0. The molecule has 112 valence electrons. The van der Waals surface area contributed by atoms with Gasteiger partial charge in [-0.3, -0.25) is 0 Å². The zero-order chi connectivity index (χ0) is 14.8. The first kappa shape index (κ1) is 17.1. The molecule has 0 N–H and O–H groups in total. The van der Waals surface area contributed by atoms with Gasteiger partial charge in [0.1, 0.15) is 0 Å². The van der Waals surface area contributed by atoms with Crippen molar-refractivity contribution in [3.8, 4) is 11.5 Å². The molecule has 3 heteroatoms. The fourth-order valence-electron chi connectivity index (χ4n) is 2.05. The van der Waals surface area contributed by atoms with Crippen molar-refractivity contribution < 1.29 is 9.47 Å². The van der Waals surface area contributed by atoms with E-state index in [1.165, 1.54) is 32.1 Å². The van der Waals surface area contributed by atoms with Crippen molar-refractivity contribution in [2.45, 2.75) is 45.4 Å². The fraction of sp³-hybridized carbons (Fsp3) is 0.529. The molecule has 0 atom stereocenters. The fourth-order valence-corrected chi connectivity index (χ4v) is 2.63. The number of rotatable bonds is 10. The zero-order valence-corrected chi connectivity index (χ0v) is 14.2. The van der Waals surface area contributed by atoms with Crippen LogP contribution in [0.5, 0.6) is 11.5 Å². The second kappa shape index (κ2) is 9.87. The van der Waals surface area contributed by atoms with E-state index in [9.17, 15) is 0 Å². The number of halogens is 1. The van der Waals surface area contributed by atoms with E-state index < -0.39 is 0 Å². The minimum atomic E-state index is 0.731. The van der Waals surface area contributed by atoms with E-state index >= 15 is 0 Å². The van der Waals surface area contributed by atoms with Gasteiger partial charge in [-0.15, -0.1) is 0 Å². The summed E-state index contributed by atoms with van der Waals surface area (Å²) in [5.41, 5.74) is 1.01. The number of unbranched alkanes of at least 4 members (excludes halogenated alkanes) is 5. The molecule has 0 saturated heterocycles. The van der Waals surface area contributed by atoms with Gasteiger partial charge in [0.2, 0.25) is 0 Å². The number of ether oxygens (including phenoxy) is 2. The van der Waals surface area contributed by atoms with Crippen molar-refractivity contribution in [2.24, 2.45) is 0 Å². The highest BCUT2D eigenvalue weighted by atomic mass is 79.9. The van der Waals surface area contributed by atoms with Crippen LogP contribution in [-0.2, 0) is 0 Å². The zero-order valence-electron chi connectivity index (χ0n) is 12.6. The molecular formula is C17H25BrO2. The van der Waals surface area contributed by atoms with E-state index in [0.29, 0.717) is 0 Å². The lowest BCUT2D eigenvalue weighted by Crippen LogP contribution is -2.00. The highest BCUT2D eigenvalue weighted by Crippen LogP contribution is 2.37. The average Bonchev–Trinajstić information content (AvgIpc) is 2.47. The molecule has 0 bridgehead atoms. The van der Waals surface area contributed by atoms with Crippen LogP contribution in [0.15, 0.2) is 23.2 Å². The van der Waals surface area contributed by atoms with Gasteiger partial charge in [-0.1, -0.05) is 51.7 Å². The Morgan fingerprint density at radius 3 is 2.50 bits per heavy atom. The van der Waals surface area contributed by atoms with Crippen molar-refractivity contribution in [3.63, 3.8) is 0 Å². The second-order valence-corrected chi connectivity index (χ2v) is 5.71. The SMILES string of the molecule is C=Cc1cc(Br)c(OCCCCCCCC)c(OC)c1. The molecule has 0 fully saturated rings. The van der Waals surface area contributed by atoms with Gasteiger partial charge in [0.05, 0.1) is 18.2 Å².